The van der Waals surface area contributed by atoms with E-state index >= 15 is 0 Å². The molecule has 0 aromatic heterocycles. The monoisotopic (exact) mass is 310 g/mol. The van der Waals surface area contributed by atoms with E-state index in [0.717, 1.165) is 35.5 Å². The smallest absolute Gasteiger partial charge is 0.229 e. The molecule has 2 fully saturated rings. The van der Waals surface area contributed by atoms with Gasteiger partial charge in [-0.05, 0) is 48.3 Å². The molecule has 120 valence electrons. The number of amides is 2. The highest BCUT2D eigenvalue weighted by atomic mass is 16.2. The molecule has 0 radical (unpaired) electrons. The lowest BCUT2D eigenvalue weighted by Gasteiger charge is -2.19. The van der Waals surface area contributed by atoms with E-state index in [0.29, 0.717) is 19.4 Å². The van der Waals surface area contributed by atoms with Crippen LogP contribution in [0.25, 0.3) is 0 Å². The number of likely N-dealkylation sites (tertiary alicyclic amines) is 1. The Morgan fingerprint density at radius 2 is 1.74 bits per heavy atom. The zero-order chi connectivity index (χ0) is 15.8. The highest BCUT2D eigenvalue weighted by Gasteiger charge is 2.35. The van der Waals surface area contributed by atoms with E-state index < -0.39 is 0 Å². The van der Waals surface area contributed by atoms with Gasteiger partial charge in [-0.2, -0.15) is 0 Å². The molecule has 4 rings (SSSR count). The molecule has 23 heavy (non-hydrogen) atoms. The molecule has 2 amide bonds. The van der Waals surface area contributed by atoms with Crippen LogP contribution in [0.5, 0.6) is 0 Å². The average Bonchev–Trinajstić information content (AvgIpc) is 3.26. The van der Waals surface area contributed by atoms with Crippen molar-refractivity contribution in [1.82, 2.24) is 4.90 Å². The second kappa shape index (κ2) is 5.84. The Kier molecular flexibility index (Phi) is 3.68. The molecule has 4 heteroatoms. The number of benzene rings is 1. The van der Waals surface area contributed by atoms with Crippen molar-refractivity contribution in [3.63, 3.8) is 0 Å². The number of rotatable bonds is 5. The molecular formula is C19H22N2O2. The first-order valence-electron chi connectivity index (χ1n) is 8.53. The fourth-order valence-corrected chi connectivity index (χ4v) is 4.09. The predicted octanol–water partition coefficient (Wildman–Crippen LogP) is 2.96. The summed E-state index contributed by atoms with van der Waals surface area (Å²) in [4.78, 5) is 24.7. The maximum atomic E-state index is 11.7. The number of fused-ring (bicyclic) bond motifs is 2. The Balaban J connectivity index is 1.32. The Morgan fingerprint density at radius 3 is 2.35 bits per heavy atom. The fraction of sp³-hybridized carbons (Fsp3) is 0.474. The maximum absolute atomic E-state index is 11.7. The molecule has 2 bridgehead atoms. The number of anilines is 1. The van der Waals surface area contributed by atoms with Crippen LogP contribution in [-0.4, -0.2) is 23.3 Å². The summed E-state index contributed by atoms with van der Waals surface area (Å²) in [5.41, 5.74) is 2.11. The van der Waals surface area contributed by atoms with Crippen LogP contribution in [0.3, 0.4) is 0 Å². The minimum Gasteiger partial charge on any atom is -0.385 e. The normalized spacial score (nSPS) is 28.9. The van der Waals surface area contributed by atoms with Crippen LogP contribution in [0.15, 0.2) is 36.4 Å². The molecule has 1 heterocycles. The summed E-state index contributed by atoms with van der Waals surface area (Å²) in [7, 11) is 0. The van der Waals surface area contributed by atoms with E-state index in [9.17, 15) is 9.59 Å². The number of imide groups is 1. The number of allylic oxidation sites excluding steroid dienone is 2. The van der Waals surface area contributed by atoms with E-state index in [2.05, 4.69) is 17.5 Å². The summed E-state index contributed by atoms with van der Waals surface area (Å²) in [6.07, 6.45) is 8.12. The average molecular weight is 310 g/mol. The predicted molar refractivity (Wildman–Crippen MR) is 88.6 cm³/mol. The Labute approximate surface area is 136 Å². The van der Waals surface area contributed by atoms with Gasteiger partial charge in [-0.25, -0.2) is 0 Å². The van der Waals surface area contributed by atoms with Crippen molar-refractivity contribution in [2.75, 3.05) is 11.9 Å². The molecular weight excluding hydrogens is 288 g/mol. The fourth-order valence-electron chi connectivity index (χ4n) is 4.09. The molecule has 1 saturated carbocycles. The van der Waals surface area contributed by atoms with E-state index in [1.54, 1.807) is 0 Å². The summed E-state index contributed by atoms with van der Waals surface area (Å²) >= 11 is 0. The topological polar surface area (TPSA) is 49.4 Å². The molecule has 3 aliphatic rings. The Bertz CT molecular complexity index is 634. The number of hydrogen-bond donors (Lipinski definition) is 1. The lowest BCUT2D eigenvalue weighted by atomic mass is 9.93. The first-order valence-corrected chi connectivity index (χ1v) is 8.53. The molecule has 1 N–H and O–H groups in total. The van der Waals surface area contributed by atoms with Crippen LogP contribution < -0.4 is 5.32 Å². The largest absolute Gasteiger partial charge is 0.385 e. The minimum atomic E-state index is -0.0541. The number of hydrogen-bond acceptors (Lipinski definition) is 3. The summed E-state index contributed by atoms with van der Waals surface area (Å²) in [5.74, 6) is 2.22. The minimum absolute atomic E-state index is 0.0541. The van der Waals surface area contributed by atoms with Gasteiger partial charge in [0, 0.05) is 25.1 Å². The third-order valence-corrected chi connectivity index (χ3v) is 5.43. The quantitative estimate of drug-likeness (QED) is 0.672. The van der Waals surface area contributed by atoms with Gasteiger partial charge < -0.3 is 5.32 Å². The van der Waals surface area contributed by atoms with Crippen LogP contribution in [0.1, 0.15) is 31.2 Å². The highest BCUT2D eigenvalue weighted by molar-refractivity contribution is 6.01. The molecule has 1 aromatic carbocycles. The third kappa shape index (κ3) is 2.90. The summed E-state index contributed by atoms with van der Waals surface area (Å²) in [5, 5.41) is 3.53. The van der Waals surface area contributed by atoms with Gasteiger partial charge in [-0.3, -0.25) is 14.5 Å². The number of nitrogens with one attached hydrogen (secondary N) is 1. The van der Waals surface area contributed by atoms with Gasteiger partial charge in [0.25, 0.3) is 0 Å². The second-order valence-electron chi connectivity index (χ2n) is 6.99. The van der Waals surface area contributed by atoms with Crippen molar-refractivity contribution in [3.05, 3.63) is 42.0 Å². The zero-order valence-corrected chi connectivity index (χ0v) is 13.2. The van der Waals surface area contributed by atoms with Crippen molar-refractivity contribution >= 4 is 17.5 Å². The van der Waals surface area contributed by atoms with Crippen molar-refractivity contribution in [3.8, 4) is 0 Å². The zero-order valence-electron chi connectivity index (χ0n) is 13.2. The number of carbonyl (C=O) groups excluding carboxylic acids is 2. The molecule has 4 nitrogen and oxygen atoms in total. The van der Waals surface area contributed by atoms with Crippen molar-refractivity contribution in [2.45, 2.75) is 32.2 Å². The molecule has 2 aliphatic carbocycles. The summed E-state index contributed by atoms with van der Waals surface area (Å²) < 4.78 is 0. The van der Waals surface area contributed by atoms with E-state index in [1.807, 2.05) is 24.3 Å². The highest BCUT2D eigenvalue weighted by Crippen LogP contribution is 2.43. The van der Waals surface area contributed by atoms with E-state index in [4.69, 9.17) is 0 Å². The van der Waals surface area contributed by atoms with Crippen LogP contribution in [0.4, 0.5) is 5.69 Å². The van der Waals surface area contributed by atoms with Crippen molar-refractivity contribution < 1.29 is 9.59 Å². The van der Waals surface area contributed by atoms with Gasteiger partial charge in [0.2, 0.25) is 11.8 Å². The van der Waals surface area contributed by atoms with Crippen molar-refractivity contribution in [2.24, 2.45) is 17.8 Å². The van der Waals surface area contributed by atoms with Crippen LogP contribution >= 0.6 is 0 Å². The van der Waals surface area contributed by atoms with E-state index in [-0.39, 0.29) is 11.8 Å². The Hall–Kier alpha value is -2.10. The van der Waals surface area contributed by atoms with Crippen LogP contribution in [0.2, 0.25) is 0 Å². The summed E-state index contributed by atoms with van der Waals surface area (Å²) in [6, 6.07) is 8.09. The maximum Gasteiger partial charge on any atom is 0.229 e. The first kappa shape index (κ1) is 14.5. The summed E-state index contributed by atoms with van der Waals surface area (Å²) in [6.45, 7) is 1.42. The van der Waals surface area contributed by atoms with Gasteiger partial charge in [0.05, 0.1) is 6.54 Å². The van der Waals surface area contributed by atoms with E-state index in [1.165, 1.54) is 17.7 Å². The standard InChI is InChI=1S/C19H22N2O2/c22-18-7-8-19(23)21(18)12-13-2-5-17(6-3-13)20-11-16-10-14-1-4-15(16)9-14/h1-6,14-16,20H,7-12H2/t14-,15-,16+/m0/s1. The van der Waals surface area contributed by atoms with Gasteiger partial charge in [-0.15, -0.1) is 0 Å². The van der Waals surface area contributed by atoms with Gasteiger partial charge in [0.15, 0.2) is 0 Å². The lowest BCUT2D eigenvalue weighted by Crippen LogP contribution is -2.28. The molecule has 0 spiro atoms. The Morgan fingerprint density at radius 1 is 1.00 bits per heavy atom. The second-order valence-corrected chi connectivity index (χ2v) is 6.99. The molecule has 1 saturated heterocycles. The third-order valence-electron chi connectivity index (χ3n) is 5.43. The first-order chi connectivity index (χ1) is 11.2. The SMILES string of the molecule is O=C1CCC(=O)N1Cc1ccc(NC[C@H]2C[C@H]3C=C[C@H]2C3)cc1. The van der Waals surface area contributed by atoms with Gasteiger partial charge in [-0.1, -0.05) is 24.3 Å². The number of carbonyl (C=O) groups is 2. The lowest BCUT2D eigenvalue weighted by molar-refractivity contribution is -0.139. The molecule has 0 unspecified atom stereocenters. The molecule has 1 aromatic rings. The van der Waals surface area contributed by atoms with Gasteiger partial charge in [0.1, 0.15) is 0 Å². The molecule has 1 aliphatic heterocycles. The van der Waals surface area contributed by atoms with Crippen LogP contribution in [0, 0.1) is 17.8 Å². The number of nitrogens with zero attached hydrogens (tertiary/aromatic N) is 1. The van der Waals surface area contributed by atoms with Crippen LogP contribution in [-0.2, 0) is 16.1 Å². The van der Waals surface area contributed by atoms with Gasteiger partial charge >= 0.3 is 0 Å². The molecule has 3 atom stereocenters. The van der Waals surface area contributed by atoms with Crippen molar-refractivity contribution in [1.29, 1.82) is 0 Å².